The Morgan fingerprint density at radius 3 is 2.65 bits per heavy atom. The van der Waals surface area contributed by atoms with Gasteiger partial charge in [0, 0.05) is 5.02 Å². The molecule has 0 aliphatic heterocycles. The maximum Gasteiger partial charge on any atom is 0.313 e. The lowest BCUT2D eigenvalue weighted by Crippen LogP contribution is -2.23. The fourth-order valence-electron chi connectivity index (χ4n) is 2.01. The fourth-order valence-corrected chi connectivity index (χ4v) is 2.20. The van der Waals surface area contributed by atoms with Crippen LogP contribution in [0.25, 0.3) is 0 Å². The zero-order valence-electron chi connectivity index (χ0n) is 9.53. The Balaban J connectivity index is 2.20. The first-order valence-electron chi connectivity index (χ1n) is 5.45. The van der Waals surface area contributed by atoms with Crippen LogP contribution in [0.2, 0.25) is 5.02 Å². The monoisotopic (exact) mass is 252 g/mol. The summed E-state index contributed by atoms with van der Waals surface area (Å²) in [7, 11) is 1.29. The van der Waals surface area contributed by atoms with E-state index < -0.39 is 11.4 Å². The van der Waals surface area contributed by atoms with E-state index in [2.05, 4.69) is 4.74 Å². The van der Waals surface area contributed by atoms with Crippen LogP contribution in [0.15, 0.2) is 24.3 Å². The summed E-state index contributed by atoms with van der Waals surface area (Å²) in [6.45, 7) is 0. The van der Waals surface area contributed by atoms with Crippen LogP contribution in [0.5, 0.6) is 0 Å². The van der Waals surface area contributed by atoms with Gasteiger partial charge in [-0.1, -0.05) is 23.7 Å². The first-order valence-corrected chi connectivity index (χ1v) is 5.82. The Kier molecular flexibility index (Phi) is 3.20. The van der Waals surface area contributed by atoms with E-state index in [9.17, 15) is 9.59 Å². The molecule has 2 rings (SSSR count). The second-order valence-corrected chi connectivity index (χ2v) is 4.70. The zero-order valence-corrected chi connectivity index (χ0v) is 10.3. The second kappa shape index (κ2) is 4.49. The molecule has 0 atom stereocenters. The summed E-state index contributed by atoms with van der Waals surface area (Å²) in [6.07, 6.45) is 1.40. The third-order valence-electron chi connectivity index (χ3n) is 3.19. The lowest BCUT2D eigenvalue weighted by molar-refractivity contribution is -0.143. The largest absolute Gasteiger partial charge is 0.469 e. The van der Waals surface area contributed by atoms with Crippen molar-refractivity contribution >= 4 is 23.4 Å². The van der Waals surface area contributed by atoms with Crippen LogP contribution in [0.3, 0.4) is 0 Å². The number of hydrogen-bond donors (Lipinski definition) is 0. The van der Waals surface area contributed by atoms with Crippen LogP contribution < -0.4 is 0 Å². The number of Topliss-reactive ketones (excluding diaryl/α,β-unsaturated/α-hetero) is 1. The van der Waals surface area contributed by atoms with E-state index in [1.165, 1.54) is 7.11 Å². The molecule has 0 N–H and O–H groups in total. The van der Waals surface area contributed by atoms with Gasteiger partial charge in [-0.25, -0.2) is 0 Å². The SMILES string of the molecule is COC(=O)CC(=O)C1(c2cccc(Cl)c2)CC1. The first kappa shape index (κ1) is 12.1. The summed E-state index contributed by atoms with van der Waals surface area (Å²) < 4.78 is 4.52. The topological polar surface area (TPSA) is 43.4 Å². The summed E-state index contributed by atoms with van der Waals surface area (Å²) >= 11 is 5.91. The average molecular weight is 253 g/mol. The smallest absolute Gasteiger partial charge is 0.313 e. The van der Waals surface area contributed by atoms with E-state index in [1.807, 2.05) is 12.1 Å². The van der Waals surface area contributed by atoms with Crippen molar-refractivity contribution in [2.45, 2.75) is 24.7 Å². The van der Waals surface area contributed by atoms with Gasteiger partial charge in [0.1, 0.15) is 6.42 Å². The van der Waals surface area contributed by atoms with Crippen LogP contribution in [0.1, 0.15) is 24.8 Å². The van der Waals surface area contributed by atoms with Crippen molar-refractivity contribution in [1.29, 1.82) is 0 Å². The molecule has 0 amide bonds. The number of hydrogen-bond acceptors (Lipinski definition) is 3. The van der Waals surface area contributed by atoms with E-state index in [-0.39, 0.29) is 12.2 Å². The van der Waals surface area contributed by atoms with Crippen molar-refractivity contribution < 1.29 is 14.3 Å². The van der Waals surface area contributed by atoms with E-state index in [1.54, 1.807) is 12.1 Å². The Morgan fingerprint density at radius 1 is 1.41 bits per heavy atom. The van der Waals surface area contributed by atoms with Gasteiger partial charge in [0.15, 0.2) is 5.78 Å². The lowest BCUT2D eigenvalue weighted by atomic mass is 9.90. The number of carbonyl (C=O) groups excluding carboxylic acids is 2. The molecule has 17 heavy (non-hydrogen) atoms. The molecule has 0 bridgehead atoms. The quantitative estimate of drug-likeness (QED) is 0.611. The van der Waals surface area contributed by atoms with Crippen molar-refractivity contribution in [1.82, 2.24) is 0 Å². The summed E-state index contributed by atoms with van der Waals surface area (Å²) in [5, 5.41) is 0.611. The highest BCUT2D eigenvalue weighted by Gasteiger charge is 2.51. The molecule has 0 unspecified atom stereocenters. The third-order valence-corrected chi connectivity index (χ3v) is 3.43. The molecule has 1 aromatic rings. The average Bonchev–Trinajstić information content (AvgIpc) is 3.10. The molecule has 3 nitrogen and oxygen atoms in total. The molecule has 0 spiro atoms. The minimum Gasteiger partial charge on any atom is -0.469 e. The van der Waals surface area contributed by atoms with Crippen LogP contribution in [0.4, 0.5) is 0 Å². The number of rotatable bonds is 4. The zero-order chi connectivity index (χ0) is 12.5. The second-order valence-electron chi connectivity index (χ2n) is 4.27. The highest BCUT2D eigenvalue weighted by molar-refractivity contribution is 6.30. The van der Waals surface area contributed by atoms with Gasteiger partial charge in [0.25, 0.3) is 0 Å². The van der Waals surface area contributed by atoms with Gasteiger partial charge in [-0.15, -0.1) is 0 Å². The Morgan fingerprint density at radius 2 is 2.12 bits per heavy atom. The first-order chi connectivity index (χ1) is 8.08. The number of methoxy groups -OCH3 is 1. The van der Waals surface area contributed by atoms with Gasteiger partial charge in [-0.2, -0.15) is 0 Å². The molecule has 1 aliphatic rings. The minimum atomic E-state index is -0.501. The van der Waals surface area contributed by atoms with Gasteiger partial charge in [-0.05, 0) is 30.5 Å². The highest BCUT2D eigenvalue weighted by Crippen LogP contribution is 2.50. The molecule has 0 heterocycles. The van der Waals surface area contributed by atoms with Crippen LogP contribution in [0, 0.1) is 0 Å². The molecule has 4 heteroatoms. The number of ether oxygens (including phenoxy) is 1. The van der Waals surface area contributed by atoms with E-state index >= 15 is 0 Å². The van der Waals surface area contributed by atoms with Crippen LogP contribution in [-0.2, 0) is 19.7 Å². The van der Waals surface area contributed by atoms with Gasteiger partial charge in [-0.3, -0.25) is 9.59 Å². The maximum atomic E-state index is 12.1. The predicted molar refractivity (Wildman–Crippen MR) is 64.0 cm³/mol. The van der Waals surface area contributed by atoms with Crippen LogP contribution in [-0.4, -0.2) is 18.9 Å². The minimum absolute atomic E-state index is 0.0772. The number of halogens is 1. The molecular formula is C13H13ClO3. The highest BCUT2D eigenvalue weighted by atomic mass is 35.5. The van der Waals surface area contributed by atoms with Gasteiger partial charge in [0.05, 0.1) is 12.5 Å². The third kappa shape index (κ3) is 2.34. The van der Waals surface area contributed by atoms with E-state index in [0.717, 1.165) is 18.4 Å². The molecular weight excluding hydrogens is 240 g/mol. The van der Waals surface area contributed by atoms with Gasteiger partial charge in [0.2, 0.25) is 0 Å². The van der Waals surface area contributed by atoms with Crippen molar-refractivity contribution in [2.75, 3.05) is 7.11 Å². The van der Waals surface area contributed by atoms with Crippen molar-refractivity contribution in [2.24, 2.45) is 0 Å². The molecule has 1 fully saturated rings. The Hall–Kier alpha value is -1.35. The molecule has 1 saturated carbocycles. The van der Waals surface area contributed by atoms with Gasteiger partial charge < -0.3 is 4.74 Å². The summed E-state index contributed by atoms with van der Waals surface area (Å²) in [5.74, 6) is -0.560. The number of carbonyl (C=O) groups is 2. The predicted octanol–water partition coefficient (Wildman–Crippen LogP) is 2.50. The molecule has 0 radical (unpaired) electrons. The molecule has 1 aliphatic carbocycles. The van der Waals surface area contributed by atoms with E-state index in [4.69, 9.17) is 11.6 Å². The number of ketones is 1. The normalized spacial score (nSPS) is 16.4. The lowest BCUT2D eigenvalue weighted by Gasteiger charge is -2.13. The van der Waals surface area contributed by atoms with Crippen molar-refractivity contribution in [3.63, 3.8) is 0 Å². The summed E-state index contributed by atoms with van der Waals surface area (Å²) in [5.41, 5.74) is 0.401. The molecule has 0 saturated heterocycles. The standard InChI is InChI=1S/C13H13ClO3/c1-17-12(16)8-11(15)13(5-6-13)9-3-2-4-10(14)7-9/h2-4,7H,5-6,8H2,1H3. The fraction of sp³-hybridized carbons (Fsp3) is 0.385. The van der Waals surface area contributed by atoms with Crippen LogP contribution >= 0.6 is 11.6 Å². The van der Waals surface area contributed by atoms with Gasteiger partial charge >= 0.3 is 5.97 Å². The maximum absolute atomic E-state index is 12.1. The Labute approximate surface area is 105 Å². The number of esters is 1. The van der Waals surface area contributed by atoms with Crippen molar-refractivity contribution in [3.8, 4) is 0 Å². The van der Waals surface area contributed by atoms with Crippen molar-refractivity contribution in [3.05, 3.63) is 34.9 Å². The van der Waals surface area contributed by atoms with E-state index in [0.29, 0.717) is 5.02 Å². The number of benzene rings is 1. The summed E-state index contributed by atoms with van der Waals surface area (Å²) in [6, 6.07) is 7.27. The Bertz CT molecular complexity index is 463. The molecule has 0 aromatic heterocycles. The molecule has 1 aromatic carbocycles. The summed E-state index contributed by atoms with van der Waals surface area (Å²) in [4.78, 5) is 23.2. The molecule has 90 valence electrons.